The highest BCUT2D eigenvalue weighted by atomic mass is 32.1. The zero-order valence-electron chi connectivity index (χ0n) is 14.4. The first-order chi connectivity index (χ1) is 11.0. The van der Waals surface area contributed by atoms with Gasteiger partial charge in [0.15, 0.2) is 5.82 Å². The fourth-order valence-electron chi connectivity index (χ4n) is 3.10. The number of thiazole rings is 1. The van der Waals surface area contributed by atoms with E-state index in [4.69, 9.17) is 0 Å². The summed E-state index contributed by atoms with van der Waals surface area (Å²) in [6.45, 7) is 10.5. The molecule has 0 aromatic carbocycles. The molecule has 0 spiro atoms. The molecule has 3 heterocycles. The Labute approximate surface area is 142 Å². The van der Waals surface area contributed by atoms with E-state index in [1.165, 1.54) is 22.6 Å². The summed E-state index contributed by atoms with van der Waals surface area (Å²) < 4.78 is 0. The second kappa shape index (κ2) is 6.93. The minimum absolute atomic E-state index is 0.691. The van der Waals surface area contributed by atoms with Crippen molar-refractivity contribution in [3.05, 3.63) is 33.4 Å². The summed E-state index contributed by atoms with van der Waals surface area (Å²) in [5, 5.41) is 8.62. The maximum Gasteiger partial charge on any atom is 0.151 e. The van der Waals surface area contributed by atoms with Crippen LogP contribution in [0.1, 0.15) is 28.2 Å². The molecule has 0 saturated carbocycles. The van der Waals surface area contributed by atoms with Crippen molar-refractivity contribution in [2.45, 2.75) is 33.7 Å². The van der Waals surface area contributed by atoms with Crippen molar-refractivity contribution in [2.75, 3.05) is 31.6 Å². The molecule has 1 aliphatic rings. The number of anilines is 1. The molecular weight excluding hydrogens is 306 g/mol. The predicted octanol–water partition coefficient (Wildman–Crippen LogP) is 2.82. The number of nitrogens with zero attached hydrogens (tertiary/aromatic N) is 5. The van der Waals surface area contributed by atoms with Crippen molar-refractivity contribution in [1.82, 2.24) is 20.1 Å². The van der Waals surface area contributed by atoms with Crippen molar-refractivity contribution in [1.29, 1.82) is 0 Å². The van der Waals surface area contributed by atoms with Gasteiger partial charge in [0, 0.05) is 31.1 Å². The summed E-state index contributed by atoms with van der Waals surface area (Å²) in [5.74, 6) is 1.72. The van der Waals surface area contributed by atoms with Gasteiger partial charge in [0.05, 0.1) is 16.9 Å². The van der Waals surface area contributed by atoms with Crippen LogP contribution in [0.2, 0.25) is 0 Å². The SMILES string of the molecule is Cc1cc(N2CC[C@@H](CN(C)Cc3scnc3C)C2)nnc1C. The molecule has 0 unspecified atom stereocenters. The highest BCUT2D eigenvalue weighted by Crippen LogP contribution is 2.24. The molecule has 3 rings (SSSR count). The Morgan fingerprint density at radius 1 is 1.26 bits per heavy atom. The van der Waals surface area contributed by atoms with Crippen molar-refractivity contribution >= 4 is 17.2 Å². The zero-order valence-corrected chi connectivity index (χ0v) is 15.2. The molecule has 5 nitrogen and oxygen atoms in total. The first-order valence-electron chi connectivity index (χ1n) is 8.16. The van der Waals surface area contributed by atoms with Crippen molar-refractivity contribution in [3.63, 3.8) is 0 Å². The molecule has 0 aliphatic carbocycles. The number of hydrogen-bond acceptors (Lipinski definition) is 6. The van der Waals surface area contributed by atoms with Crippen molar-refractivity contribution < 1.29 is 0 Å². The van der Waals surface area contributed by atoms with E-state index in [-0.39, 0.29) is 0 Å². The van der Waals surface area contributed by atoms with Gasteiger partial charge in [0.2, 0.25) is 0 Å². The van der Waals surface area contributed by atoms with Crippen LogP contribution in [-0.4, -0.2) is 46.8 Å². The summed E-state index contributed by atoms with van der Waals surface area (Å²) in [5.41, 5.74) is 5.34. The Bertz CT molecular complexity index is 669. The molecule has 2 aromatic rings. The van der Waals surface area contributed by atoms with E-state index in [0.717, 1.165) is 37.7 Å². The van der Waals surface area contributed by atoms with E-state index in [2.05, 4.69) is 51.9 Å². The average Bonchev–Trinajstić information content (AvgIpc) is 3.12. The lowest BCUT2D eigenvalue weighted by Gasteiger charge is -2.21. The topological polar surface area (TPSA) is 45.2 Å². The fourth-order valence-corrected chi connectivity index (χ4v) is 3.96. The molecule has 124 valence electrons. The standard InChI is InChI=1S/C17H25N5S/c1-12-7-17(20-19-13(12)2)22-6-5-15(9-22)8-21(4)10-16-14(3)18-11-23-16/h7,11,15H,5-6,8-10H2,1-4H3/t15-/m0/s1. The van der Waals surface area contributed by atoms with Gasteiger partial charge < -0.3 is 9.80 Å². The van der Waals surface area contributed by atoms with E-state index >= 15 is 0 Å². The van der Waals surface area contributed by atoms with Gasteiger partial charge in [-0.15, -0.1) is 16.4 Å². The molecule has 2 aromatic heterocycles. The van der Waals surface area contributed by atoms with Crippen LogP contribution in [0.15, 0.2) is 11.6 Å². The van der Waals surface area contributed by atoms with Crippen LogP contribution < -0.4 is 4.90 Å². The van der Waals surface area contributed by atoms with E-state index in [1.54, 1.807) is 11.3 Å². The van der Waals surface area contributed by atoms with Crippen molar-refractivity contribution in [2.24, 2.45) is 5.92 Å². The molecule has 0 bridgehead atoms. The largest absolute Gasteiger partial charge is 0.355 e. The summed E-state index contributed by atoms with van der Waals surface area (Å²) in [7, 11) is 2.21. The van der Waals surface area contributed by atoms with Gasteiger partial charge >= 0.3 is 0 Å². The summed E-state index contributed by atoms with van der Waals surface area (Å²) in [4.78, 5) is 10.5. The van der Waals surface area contributed by atoms with Crippen LogP contribution in [0.5, 0.6) is 0 Å². The monoisotopic (exact) mass is 331 g/mol. The summed E-state index contributed by atoms with van der Waals surface area (Å²) >= 11 is 1.75. The second-order valence-corrected chi connectivity index (χ2v) is 7.57. The lowest BCUT2D eigenvalue weighted by atomic mass is 10.1. The first-order valence-corrected chi connectivity index (χ1v) is 9.04. The molecule has 1 atom stereocenters. The van der Waals surface area contributed by atoms with E-state index < -0.39 is 0 Å². The maximum absolute atomic E-state index is 4.36. The summed E-state index contributed by atoms with van der Waals surface area (Å²) in [6, 6.07) is 2.16. The second-order valence-electron chi connectivity index (χ2n) is 6.63. The third kappa shape index (κ3) is 3.87. The molecule has 23 heavy (non-hydrogen) atoms. The van der Waals surface area contributed by atoms with Crippen LogP contribution in [0.4, 0.5) is 5.82 Å². The number of hydrogen-bond donors (Lipinski definition) is 0. The van der Waals surface area contributed by atoms with Gasteiger partial charge in [-0.25, -0.2) is 4.98 Å². The van der Waals surface area contributed by atoms with E-state index in [0.29, 0.717) is 5.92 Å². The third-order valence-corrected chi connectivity index (χ3v) is 5.58. The van der Waals surface area contributed by atoms with Crippen LogP contribution in [0.3, 0.4) is 0 Å². The molecule has 0 radical (unpaired) electrons. The van der Waals surface area contributed by atoms with Gasteiger partial charge in [-0.2, -0.15) is 5.10 Å². The van der Waals surface area contributed by atoms with Crippen LogP contribution in [0.25, 0.3) is 0 Å². The Morgan fingerprint density at radius 2 is 2.09 bits per heavy atom. The molecule has 6 heteroatoms. The van der Waals surface area contributed by atoms with Crippen LogP contribution in [-0.2, 0) is 6.54 Å². The number of aromatic nitrogens is 3. The smallest absolute Gasteiger partial charge is 0.151 e. The Hall–Kier alpha value is -1.53. The third-order valence-electron chi connectivity index (χ3n) is 4.66. The maximum atomic E-state index is 4.36. The summed E-state index contributed by atoms with van der Waals surface area (Å²) in [6.07, 6.45) is 1.22. The molecular formula is C17H25N5S. The molecule has 0 N–H and O–H groups in total. The molecule has 1 fully saturated rings. The van der Waals surface area contributed by atoms with E-state index in [1.807, 2.05) is 12.4 Å². The fraction of sp³-hybridized carbons (Fsp3) is 0.588. The minimum Gasteiger partial charge on any atom is -0.355 e. The highest BCUT2D eigenvalue weighted by Gasteiger charge is 2.25. The first kappa shape index (κ1) is 16.3. The number of rotatable bonds is 5. The quantitative estimate of drug-likeness (QED) is 0.843. The predicted molar refractivity (Wildman–Crippen MR) is 95.0 cm³/mol. The number of aryl methyl sites for hydroxylation is 3. The van der Waals surface area contributed by atoms with Gasteiger partial charge in [0.1, 0.15) is 0 Å². The average molecular weight is 331 g/mol. The van der Waals surface area contributed by atoms with Gasteiger partial charge in [-0.1, -0.05) is 0 Å². The van der Waals surface area contributed by atoms with Gasteiger partial charge in [-0.3, -0.25) is 0 Å². The Kier molecular flexibility index (Phi) is 4.92. The normalized spacial score (nSPS) is 18.1. The molecule has 1 aliphatic heterocycles. The molecule has 0 amide bonds. The van der Waals surface area contributed by atoms with Crippen LogP contribution >= 0.6 is 11.3 Å². The zero-order chi connectivity index (χ0) is 16.4. The molecule has 1 saturated heterocycles. The van der Waals surface area contributed by atoms with Gasteiger partial charge in [-0.05, 0) is 51.8 Å². The lowest BCUT2D eigenvalue weighted by Crippen LogP contribution is -2.28. The Morgan fingerprint density at radius 3 is 2.78 bits per heavy atom. The highest BCUT2D eigenvalue weighted by molar-refractivity contribution is 7.09. The minimum atomic E-state index is 0.691. The van der Waals surface area contributed by atoms with E-state index in [9.17, 15) is 0 Å². The van der Waals surface area contributed by atoms with Crippen molar-refractivity contribution in [3.8, 4) is 0 Å². The Balaban J connectivity index is 1.55. The lowest BCUT2D eigenvalue weighted by molar-refractivity contribution is 0.281. The van der Waals surface area contributed by atoms with Gasteiger partial charge in [0.25, 0.3) is 0 Å². The van der Waals surface area contributed by atoms with Crippen LogP contribution in [0, 0.1) is 26.7 Å².